The lowest BCUT2D eigenvalue weighted by Crippen LogP contribution is -2.58. The molecule has 3 fully saturated rings. The number of hydrogen-bond donors (Lipinski definition) is 5. The second-order valence-electron chi connectivity index (χ2n) is 14.1. The lowest BCUT2D eigenvalue weighted by Gasteiger charge is -2.37. The number of nitrogens with one attached hydrogen (secondary N) is 4. The van der Waals surface area contributed by atoms with E-state index in [4.69, 9.17) is 5.73 Å². The van der Waals surface area contributed by atoms with Crippen LogP contribution in [0.2, 0.25) is 0 Å². The molecule has 1 aliphatic carbocycles. The van der Waals surface area contributed by atoms with E-state index in [1.165, 1.54) is 11.3 Å². The zero-order chi connectivity index (χ0) is 37.0. The van der Waals surface area contributed by atoms with Crippen LogP contribution in [-0.2, 0) is 25.4 Å². The van der Waals surface area contributed by atoms with Gasteiger partial charge in [0.05, 0.1) is 18.6 Å². The fourth-order valence-electron chi connectivity index (χ4n) is 4.98. The van der Waals surface area contributed by atoms with E-state index in [9.17, 15) is 28.2 Å². The van der Waals surface area contributed by atoms with Crippen LogP contribution >= 0.6 is 0 Å². The van der Waals surface area contributed by atoms with E-state index in [2.05, 4.69) is 55.3 Å². The van der Waals surface area contributed by atoms with Crippen molar-refractivity contribution in [3.05, 3.63) is 0 Å². The summed E-state index contributed by atoms with van der Waals surface area (Å²) in [7, 11) is -1.80. The van der Waals surface area contributed by atoms with Crippen LogP contribution in [-0.4, -0.2) is 93.8 Å². The first-order valence-corrected chi connectivity index (χ1v) is 19.1. The predicted octanol–water partition coefficient (Wildman–Crippen LogP) is 4.04. The lowest BCUT2D eigenvalue weighted by molar-refractivity contribution is -0.137. The highest BCUT2D eigenvalue weighted by molar-refractivity contribution is 7.83. The summed E-state index contributed by atoms with van der Waals surface area (Å²) in [5.41, 5.74) is 4.86. The van der Waals surface area contributed by atoms with Gasteiger partial charge >= 0.3 is 12.1 Å². The Kier molecular flexibility index (Phi) is 22.2. The molecule has 48 heavy (non-hydrogen) atoms. The topological polar surface area (TPSA) is 183 Å². The third-order valence-corrected chi connectivity index (χ3v) is 9.20. The van der Waals surface area contributed by atoms with Crippen molar-refractivity contribution < 1.29 is 28.2 Å². The van der Waals surface area contributed by atoms with E-state index in [1.54, 1.807) is 4.90 Å². The average molecular weight is 702 g/mol. The largest absolute Gasteiger partial charge is 0.363 e. The molecular weight excluding hydrogens is 634 g/mol. The summed E-state index contributed by atoms with van der Waals surface area (Å²) in [6.07, 6.45) is 6.48. The molecule has 6 N–H and O–H groups in total. The van der Waals surface area contributed by atoms with Crippen LogP contribution in [0.3, 0.4) is 0 Å². The number of carbonyl (C=O) groups is 5. The highest BCUT2D eigenvalue weighted by atomic mass is 32.2. The molecule has 0 radical (unpaired) electrons. The third-order valence-electron chi connectivity index (χ3n) is 7.70. The summed E-state index contributed by atoms with van der Waals surface area (Å²) in [6, 6.07) is -2.01. The van der Waals surface area contributed by atoms with Crippen molar-refractivity contribution in [3.63, 3.8) is 0 Å². The van der Waals surface area contributed by atoms with Crippen LogP contribution in [0.4, 0.5) is 9.59 Å². The van der Waals surface area contributed by atoms with E-state index in [0.717, 1.165) is 31.6 Å². The Morgan fingerprint density at radius 2 is 1.58 bits per heavy atom. The molecular formula is C34H67N7O6S. The first kappa shape index (κ1) is 45.3. The van der Waals surface area contributed by atoms with Crippen LogP contribution < -0.4 is 26.4 Å². The first-order valence-electron chi connectivity index (χ1n) is 17.9. The van der Waals surface area contributed by atoms with Crippen LogP contribution in [0.1, 0.15) is 121 Å². The van der Waals surface area contributed by atoms with Crippen molar-refractivity contribution in [1.82, 2.24) is 30.5 Å². The van der Waals surface area contributed by atoms with E-state index in [1.807, 2.05) is 34.6 Å². The van der Waals surface area contributed by atoms with Crippen molar-refractivity contribution >= 4 is 40.6 Å². The Labute approximate surface area is 292 Å². The van der Waals surface area contributed by atoms with Gasteiger partial charge in [-0.15, -0.1) is 0 Å². The Balaban J connectivity index is 0.00000220. The number of likely N-dealkylation sites (tertiary alicyclic amines) is 1. The van der Waals surface area contributed by atoms with Gasteiger partial charge in [-0.2, -0.15) is 0 Å². The SMILES string of the molecule is CC.CC(C)(C)C(CN1CCCNC1=O)NC(=O)NCC(=O)N1CCCC1S(=O)NC(CC1CCC1)C(=O)C(N)=O.CC(C)C.CCC. The molecule has 2 aliphatic heterocycles. The molecule has 0 aromatic carbocycles. The highest BCUT2D eigenvalue weighted by Crippen LogP contribution is 2.31. The molecule has 4 unspecified atom stereocenters. The fourth-order valence-corrected chi connectivity index (χ4v) is 6.46. The second-order valence-corrected chi connectivity index (χ2v) is 15.5. The van der Waals surface area contributed by atoms with Crippen LogP contribution in [0.25, 0.3) is 0 Å². The Bertz CT molecular complexity index is 1030. The molecule has 6 amide bonds. The van der Waals surface area contributed by atoms with Gasteiger partial charge in [-0.25, -0.2) is 18.5 Å². The molecule has 13 nitrogen and oxygen atoms in total. The van der Waals surface area contributed by atoms with E-state index >= 15 is 0 Å². The third kappa shape index (κ3) is 17.1. The predicted molar refractivity (Wildman–Crippen MR) is 193 cm³/mol. The summed E-state index contributed by atoms with van der Waals surface area (Å²) < 4.78 is 15.9. The highest BCUT2D eigenvalue weighted by Gasteiger charge is 2.37. The van der Waals surface area contributed by atoms with Crippen LogP contribution in [0, 0.1) is 17.3 Å². The van der Waals surface area contributed by atoms with Crippen molar-refractivity contribution in [2.75, 3.05) is 32.7 Å². The Morgan fingerprint density at radius 3 is 2.06 bits per heavy atom. The minimum Gasteiger partial charge on any atom is -0.363 e. The molecule has 3 rings (SSSR count). The molecule has 0 bridgehead atoms. The number of rotatable bonds is 12. The summed E-state index contributed by atoms with van der Waals surface area (Å²) in [6.45, 7) is 22.3. The van der Waals surface area contributed by atoms with Crippen molar-refractivity contribution in [2.24, 2.45) is 23.0 Å². The Morgan fingerprint density at radius 1 is 1.00 bits per heavy atom. The van der Waals surface area contributed by atoms with Gasteiger partial charge in [-0.1, -0.05) is 94.9 Å². The Hall–Kier alpha value is -2.74. The molecule has 4 atom stereocenters. The number of primary amides is 1. The van der Waals surface area contributed by atoms with Crippen molar-refractivity contribution in [3.8, 4) is 0 Å². The molecule has 0 aromatic heterocycles. The maximum atomic E-state index is 13.2. The summed E-state index contributed by atoms with van der Waals surface area (Å²) in [4.78, 5) is 64.8. The van der Waals surface area contributed by atoms with E-state index in [-0.39, 0.29) is 30.0 Å². The second kappa shape index (κ2) is 23.6. The number of nitrogens with zero attached hydrogens (tertiary/aromatic N) is 2. The van der Waals surface area contributed by atoms with Crippen LogP contribution in [0.5, 0.6) is 0 Å². The molecule has 280 valence electrons. The van der Waals surface area contributed by atoms with Gasteiger partial charge in [0.25, 0.3) is 5.91 Å². The van der Waals surface area contributed by atoms with Gasteiger partial charge in [-0.05, 0) is 42.9 Å². The maximum Gasteiger partial charge on any atom is 0.317 e. The molecule has 0 aromatic rings. The minimum absolute atomic E-state index is 0.165. The number of amides is 6. The minimum atomic E-state index is -1.80. The molecule has 14 heteroatoms. The molecule has 0 spiro atoms. The van der Waals surface area contributed by atoms with Crippen molar-refractivity contribution in [2.45, 2.75) is 138 Å². The average Bonchev–Trinajstić information content (AvgIpc) is 3.48. The normalized spacial score (nSPS) is 19.4. The van der Waals surface area contributed by atoms with Gasteiger partial charge in [0.1, 0.15) is 16.4 Å². The van der Waals surface area contributed by atoms with Gasteiger partial charge in [-0.3, -0.25) is 14.4 Å². The standard InChI is InChI=1S/C25H43N7O6S.C4H10.C3H8.C2H6/c1-25(2,3)18(15-31-11-6-10-27-24(31)37)29-23(36)28-14-19(33)32-12-5-9-20(32)39(38)30-17(21(34)22(26)35)13-16-7-4-8-16;1-4(2)3;1-3-2;1-2/h16-18,20,30H,4-15H2,1-3H3,(H2,26,35)(H,27,37)(H2,28,29,36);4H,1-3H3;3H2,1-2H3;1-2H3. The van der Waals surface area contributed by atoms with Gasteiger partial charge in [0, 0.05) is 26.2 Å². The first-order chi connectivity index (χ1) is 22.5. The van der Waals surface area contributed by atoms with Crippen LogP contribution in [0.15, 0.2) is 0 Å². The smallest absolute Gasteiger partial charge is 0.317 e. The van der Waals surface area contributed by atoms with E-state index < -0.39 is 46.0 Å². The molecule has 3 aliphatic rings. The number of nitrogens with two attached hydrogens (primary N) is 1. The summed E-state index contributed by atoms with van der Waals surface area (Å²) in [5.74, 6) is -1.18. The molecule has 2 saturated heterocycles. The zero-order valence-corrected chi connectivity index (χ0v) is 32.2. The molecule has 2 heterocycles. The zero-order valence-electron chi connectivity index (χ0n) is 31.4. The number of hydrogen-bond acceptors (Lipinski definition) is 6. The number of urea groups is 2. The van der Waals surface area contributed by atoms with Gasteiger partial charge in [0.15, 0.2) is 0 Å². The summed E-state index contributed by atoms with van der Waals surface area (Å²) in [5, 5.41) is 7.59. The molecule has 1 saturated carbocycles. The fraction of sp³-hybridized carbons (Fsp3) is 0.853. The number of Topliss-reactive ketones (excluding diaryl/α,β-unsaturated/α-hetero) is 1. The quantitative estimate of drug-likeness (QED) is 0.191. The van der Waals surface area contributed by atoms with E-state index in [0.29, 0.717) is 45.4 Å². The summed E-state index contributed by atoms with van der Waals surface area (Å²) >= 11 is 0. The monoisotopic (exact) mass is 701 g/mol. The number of carbonyl (C=O) groups excluding carboxylic acids is 5. The van der Waals surface area contributed by atoms with Gasteiger partial charge in [0.2, 0.25) is 11.7 Å². The maximum absolute atomic E-state index is 13.2. The number of ketones is 1. The lowest BCUT2D eigenvalue weighted by atomic mass is 9.80. The van der Waals surface area contributed by atoms with Gasteiger partial charge < -0.3 is 31.5 Å². The van der Waals surface area contributed by atoms with Crippen molar-refractivity contribution in [1.29, 1.82) is 0 Å².